The minimum Gasteiger partial charge on any atom is -0.473 e. The van der Waals surface area contributed by atoms with Crippen molar-refractivity contribution in [1.29, 1.82) is 0 Å². The van der Waals surface area contributed by atoms with Gasteiger partial charge in [0.05, 0.1) is 11.5 Å². The molecule has 6 heteroatoms. The smallest absolute Gasteiger partial charge is 0.271 e. The average molecular weight is 399 g/mol. The first kappa shape index (κ1) is 15.9. The molecule has 0 fully saturated rings. The van der Waals surface area contributed by atoms with Gasteiger partial charge in [0, 0.05) is 27.9 Å². The van der Waals surface area contributed by atoms with E-state index in [4.69, 9.17) is 4.74 Å². The number of fused-ring (bicyclic) bond motifs is 3. The molecular weight excluding hydrogens is 384 g/mol. The SMILES string of the molecule is Cc1ccc([N+](=O)[O-])cc1N1COc2ccc3cc(Br)ccc3c2C1. The lowest BCUT2D eigenvalue weighted by Crippen LogP contribution is -2.32. The van der Waals surface area contributed by atoms with Gasteiger partial charge in [-0.05, 0) is 41.5 Å². The van der Waals surface area contributed by atoms with E-state index in [0.717, 1.165) is 37.8 Å². The van der Waals surface area contributed by atoms with E-state index in [9.17, 15) is 10.1 Å². The third-order valence-electron chi connectivity index (χ3n) is 4.52. The summed E-state index contributed by atoms with van der Waals surface area (Å²) in [6, 6.07) is 15.1. The Morgan fingerprint density at radius 3 is 2.80 bits per heavy atom. The average Bonchev–Trinajstić information content (AvgIpc) is 2.61. The fraction of sp³-hybridized carbons (Fsp3) is 0.158. The lowest BCUT2D eigenvalue weighted by atomic mass is 10.0. The third-order valence-corrected chi connectivity index (χ3v) is 5.01. The van der Waals surface area contributed by atoms with E-state index in [1.165, 1.54) is 6.07 Å². The van der Waals surface area contributed by atoms with Crippen molar-refractivity contribution in [2.75, 3.05) is 11.6 Å². The summed E-state index contributed by atoms with van der Waals surface area (Å²) in [4.78, 5) is 12.8. The van der Waals surface area contributed by atoms with Crippen molar-refractivity contribution in [1.82, 2.24) is 0 Å². The molecular formula is C19H15BrN2O3. The Hall–Kier alpha value is -2.60. The molecule has 3 aromatic rings. The molecule has 0 N–H and O–H groups in total. The molecule has 0 unspecified atom stereocenters. The summed E-state index contributed by atoms with van der Waals surface area (Å²) < 4.78 is 6.96. The Bertz CT molecular complexity index is 1000. The summed E-state index contributed by atoms with van der Waals surface area (Å²) in [5.41, 5.74) is 3.00. The van der Waals surface area contributed by atoms with Crippen molar-refractivity contribution in [3.8, 4) is 5.75 Å². The number of benzene rings is 3. The van der Waals surface area contributed by atoms with Crippen LogP contribution in [0.4, 0.5) is 11.4 Å². The minimum absolute atomic E-state index is 0.0910. The number of nitro groups is 1. The number of non-ortho nitro benzene ring substituents is 1. The molecule has 0 radical (unpaired) electrons. The standard InChI is InChI=1S/C19H15BrN2O3/c1-12-2-5-15(22(23)24)9-18(12)21-10-17-16-6-4-14(20)8-13(16)3-7-19(17)25-11-21/h2-9H,10-11H2,1H3. The lowest BCUT2D eigenvalue weighted by molar-refractivity contribution is -0.384. The summed E-state index contributed by atoms with van der Waals surface area (Å²) >= 11 is 3.50. The van der Waals surface area contributed by atoms with Crippen molar-refractivity contribution in [3.63, 3.8) is 0 Å². The van der Waals surface area contributed by atoms with Crippen molar-refractivity contribution < 1.29 is 9.66 Å². The van der Waals surface area contributed by atoms with Crippen molar-refractivity contribution in [2.45, 2.75) is 13.5 Å². The maximum Gasteiger partial charge on any atom is 0.271 e. The van der Waals surface area contributed by atoms with Crippen molar-refractivity contribution >= 4 is 38.1 Å². The van der Waals surface area contributed by atoms with Gasteiger partial charge in [0.1, 0.15) is 5.75 Å². The highest BCUT2D eigenvalue weighted by atomic mass is 79.9. The fourth-order valence-electron chi connectivity index (χ4n) is 3.23. The zero-order valence-electron chi connectivity index (χ0n) is 13.5. The van der Waals surface area contributed by atoms with Gasteiger partial charge < -0.3 is 9.64 Å². The Labute approximate surface area is 153 Å². The second-order valence-corrected chi connectivity index (χ2v) is 7.02. The van der Waals surface area contributed by atoms with Crippen LogP contribution in [0.5, 0.6) is 5.75 Å². The Kier molecular flexibility index (Phi) is 3.84. The van der Waals surface area contributed by atoms with Crippen molar-refractivity contribution in [3.05, 3.63) is 74.2 Å². The molecule has 0 bridgehead atoms. The predicted molar refractivity (Wildman–Crippen MR) is 101 cm³/mol. The fourth-order valence-corrected chi connectivity index (χ4v) is 3.61. The molecule has 5 nitrogen and oxygen atoms in total. The normalized spacial score (nSPS) is 13.4. The number of rotatable bonds is 2. The number of nitrogens with zero attached hydrogens (tertiary/aromatic N) is 2. The number of hydrogen-bond acceptors (Lipinski definition) is 4. The van der Waals surface area contributed by atoms with E-state index in [1.54, 1.807) is 12.1 Å². The summed E-state index contributed by atoms with van der Waals surface area (Å²) in [6.07, 6.45) is 0. The largest absolute Gasteiger partial charge is 0.473 e. The number of hydrogen-bond donors (Lipinski definition) is 0. The maximum atomic E-state index is 11.1. The van der Waals surface area contributed by atoms with Crippen LogP contribution in [0.3, 0.4) is 0 Å². The van der Waals surface area contributed by atoms with Crippen molar-refractivity contribution in [2.24, 2.45) is 0 Å². The molecule has 3 aromatic carbocycles. The number of halogens is 1. The molecule has 1 aliphatic rings. The van der Waals surface area contributed by atoms with Crippen LogP contribution in [0.1, 0.15) is 11.1 Å². The first-order valence-corrected chi connectivity index (χ1v) is 8.66. The molecule has 25 heavy (non-hydrogen) atoms. The first-order valence-electron chi connectivity index (χ1n) is 7.87. The van der Waals surface area contributed by atoms with E-state index >= 15 is 0 Å². The summed E-state index contributed by atoms with van der Waals surface area (Å²) in [5.74, 6) is 0.870. The highest BCUT2D eigenvalue weighted by Crippen LogP contribution is 2.36. The first-order chi connectivity index (χ1) is 12.0. The van der Waals surface area contributed by atoms with Gasteiger partial charge in [0.15, 0.2) is 6.73 Å². The van der Waals surface area contributed by atoms with Crippen LogP contribution < -0.4 is 9.64 Å². The molecule has 1 heterocycles. The topological polar surface area (TPSA) is 55.6 Å². The van der Waals surface area contributed by atoms with Gasteiger partial charge in [0.25, 0.3) is 5.69 Å². The zero-order chi connectivity index (χ0) is 17.6. The summed E-state index contributed by atoms with van der Waals surface area (Å²) in [5, 5.41) is 13.4. The Morgan fingerprint density at radius 2 is 2.00 bits per heavy atom. The molecule has 0 amide bonds. The quantitative estimate of drug-likeness (QED) is 0.441. The van der Waals surface area contributed by atoms with Gasteiger partial charge in [-0.25, -0.2) is 0 Å². The Balaban J connectivity index is 1.78. The van der Waals surface area contributed by atoms with Gasteiger partial charge in [-0.3, -0.25) is 10.1 Å². The number of ether oxygens (including phenoxy) is 1. The second-order valence-electron chi connectivity index (χ2n) is 6.11. The van der Waals surface area contributed by atoms with E-state index < -0.39 is 0 Å². The molecule has 0 saturated carbocycles. The molecule has 126 valence electrons. The van der Waals surface area contributed by atoms with Crippen LogP contribution >= 0.6 is 15.9 Å². The highest BCUT2D eigenvalue weighted by Gasteiger charge is 2.22. The maximum absolute atomic E-state index is 11.1. The number of aryl methyl sites for hydroxylation is 1. The number of nitro benzene ring substituents is 1. The van der Waals surface area contributed by atoms with Gasteiger partial charge in [-0.2, -0.15) is 0 Å². The van der Waals surface area contributed by atoms with Gasteiger partial charge in [0.2, 0.25) is 0 Å². The molecule has 0 spiro atoms. The molecule has 0 saturated heterocycles. The predicted octanol–water partition coefficient (Wildman–Crippen LogP) is 5.18. The highest BCUT2D eigenvalue weighted by molar-refractivity contribution is 9.10. The van der Waals surface area contributed by atoms with E-state index in [-0.39, 0.29) is 10.6 Å². The van der Waals surface area contributed by atoms with Crippen LogP contribution in [-0.2, 0) is 6.54 Å². The molecule has 0 aliphatic carbocycles. The van der Waals surface area contributed by atoms with Crippen LogP contribution in [0.15, 0.2) is 53.0 Å². The minimum atomic E-state index is -0.366. The third kappa shape index (κ3) is 2.82. The van der Waals surface area contributed by atoms with Gasteiger partial charge >= 0.3 is 0 Å². The molecule has 1 aliphatic heterocycles. The molecule has 0 atom stereocenters. The van der Waals surface area contributed by atoms with E-state index in [2.05, 4.69) is 28.1 Å². The monoisotopic (exact) mass is 398 g/mol. The molecule has 0 aromatic heterocycles. The summed E-state index contributed by atoms with van der Waals surface area (Å²) in [6.45, 7) is 2.97. The second kappa shape index (κ2) is 6.04. The van der Waals surface area contributed by atoms with E-state index in [0.29, 0.717) is 13.3 Å². The lowest BCUT2D eigenvalue weighted by Gasteiger charge is -2.32. The molecule has 4 rings (SSSR count). The van der Waals surface area contributed by atoms with Crippen LogP contribution in [0.25, 0.3) is 10.8 Å². The Morgan fingerprint density at radius 1 is 1.16 bits per heavy atom. The summed E-state index contributed by atoms with van der Waals surface area (Å²) in [7, 11) is 0. The van der Waals surface area contributed by atoms with Crippen LogP contribution in [0.2, 0.25) is 0 Å². The zero-order valence-corrected chi connectivity index (χ0v) is 15.1. The van der Waals surface area contributed by atoms with Gasteiger partial charge in [-0.1, -0.05) is 34.1 Å². The van der Waals surface area contributed by atoms with Gasteiger partial charge in [-0.15, -0.1) is 0 Å². The van der Waals surface area contributed by atoms with E-state index in [1.807, 2.05) is 30.0 Å². The van der Waals surface area contributed by atoms with Crippen LogP contribution in [0, 0.1) is 17.0 Å². The number of anilines is 1. The van der Waals surface area contributed by atoms with Crippen LogP contribution in [-0.4, -0.2) is 11.7 Å².